The summed E-state index contributed by atoms with van der Waals surface area (Å²) in [6.07, 6.45) is 5.24. The SMILES string of the molecule is O=C(NCc1ccc2cccnc2c1)c1cccnc1SCCCc1ccc(F)cc1. The van der Waals surface area contributed by atoms with Crippen molar-refractivity contribution in [3.8, 4) is 0 Å². The molecule has 31 heavy (non-hydrogen) atoms. The van der Waals surface area contributed by atoms with Crippen LogP contribution in [0.25, 0.3) is 10.9 Å². The van der Waals surface area contributed by atoms with E-state index in [-0.39, 0.29) is 11.7 Å². The number of hydrogen-bond acceptors (Lipinski definition) is 4. The van der Waals surface area contributed by atoms with Crippen molar-refractivity contribution in [1.29, 1.82) is 0 Å². The molecule has 0 fully saturated rings. The van der Waals surface area contributed by atoms with Crippen LogP contribution >= 0.6 is 11.8 Å². The van der Waals surface area contributed by atoms with Crippen LogP contribution < -0.4 is 5.32 Å². The number of benzene rings is 2. The van der Waals surface area contributed by atoms with Crippen LogP contribution in [0.3, 0.4) is 0 Å². The van der Waals surface area contributed by atoms with Crippen molar-refractivity contribution in [3.63, 3.8) is 0 Å². The van der Waals surface area contributed by atoms with Crippen LogP contribution in [-0.4, -0.2) is 21.6 Å². The molecule has 2 aromatic carbocycles. The number of aryl methyl sites for hydroxylation is 1. The van der Waals surface area contributed by atoms with Gasteiger partial charge in [-0.2, -0.15) is 0 Å². The summed E-state index contributed by atoms with van der Waals surface area (Å²) >= 11 is 1.57. The van der Waals surface area contributed by atoms with E-state index in [1.54, 1.807) is 36.3 Å². The van der Waals surface area contributed by atoms with Crippen LogP contribution in [0.2, 0.25) is 0 Å². The second kappa shape index (κ2) is 10.2. The van der Waals surface area contributed by atoms with Gasteiger partial charge in [0.1, 0.15) is 10.8 Å². The topological polar surface area (TPSA) is 54.9 Å². The molecule has 2 heterocycles. The molecule has 0 unspecified atom stereocenters. The molecule has 6 heteroatoms. The van der Waals surface area contributed by atoms with Crippen LogP contribution in [0.1, 0.15) is 27.9 Å². The predicted molar refractivity (Wildman–Crippen MR) is 123 cm³/mol. The zero-order valence-electron chi connectivity index (χ0n) is 16.9. The van der Waals surface area contributed by atoms with Gasteiger partial charge in [0.05, 0.1) is 11.1 Å². The van der Waals surface area contributed by atoms with E-state index < -0.39 is 0 Å². The van der Waals surface area contributed by atoms with Crippen molar-refractivity contribution in [2.75, 3.05) is 5.75 Å². The molecule has 0 aliphatic carbocycles. The molecular weight excluding hydrogens is 409 g/mol. The van der Waals surface area contributed by atoms with E-state index in [1.807, 2.05) is 42.5 Å². The number of fused-ring (bicyclic) bond motifs is 1. The molecule has 4 rings (SSSR count). The van der Waals surface area contributed by atoms with Gasteiger partial charge in [-0.1, -0.05) is 30.3 Å². The van der Waals surface area contributed by atoms with Gasteiger partial charge in [-0.15, -0.1) is 11.8 Å². The Bertz CT molecular complexity index is 1180. The fourth-order valence-electron chi connectivity index (χ4n) is 3.27. The summed E-state index contributed by atoms with van der Waals surface area (Å²) in [5, 5.41) is 4.78. The first kappa shape index (κ1) is 21.0. The number of carbonyl (C=O) groups excluding carboxylic acids is 1. The zero-order chi connectivity index (χ0) is 21.5. The van der Waals surface area contributed by atoms with Crippen molar-refractivity contribution >= 4 is 28.6 Å². The number of carbonyl (C=O) groups is 1. The van der Waals surface area contributed by atoms with Crippen molar-refractivity contribution in [2.24, 2.45) is 0 Å². The van der Waals surface area contributed by atoms with E-state index in [0.717, 1.165) is 45.7 Å². The molecule has 4 nitrogen and oxygen atoms in total. The summed E-state index contributed by atoms with van der Waals surface area (Å²) in [6.45, 7) is 0.426. The van der Waals surface area contributed by atoms with Gasteiger partial charge in [-0.3, -0.25) is 9.78 Å². The zero-order valence-corrected chi connectivity index (χ0v) is 17.7. The van der Waals surface area contributed by atoms with Crippen molar-refractivity contribution in [2.45, 2.75) is 24.4 Å². The van der Waals surface area contributed by atoms with Crippen molar-refractivity contribution in [1.82, 2.24) is 15.3 Å². The monoisotopic (exact) mass is 431 g/mol. The van der Waals surface area contributed by atoms with Crippen LogP contribution in [0.5, 0.6) is 0 Å². The summed E-state index contributed by atoms with van der Waals surface area (Å²) in [5.74, 6) is 0.461. The van der Waals surface area contributed by atoms with Crippen molar-refractivity contribution in [3.05, 3.63) is 102 Å². The molecule has 1 N–H and O–H groups in total. The molecule has 0 aliphatic rings. The summed E-state index contributed by atoms with van der Waals surface area (Å²) in [4.78, 5) is 21.5. The largest absolute Gasteiger partial charge is 0.348 e. The minimum atomic E-state index is -0.220. The first-order valence-corrected chi connectivity index (χ1v) is 11.1. The van der Waals surface area contributed by atoms with E-state index in [9.17, 15) is 9.18 Å². The Morgan fingerprint density at radius 1 is 0.935 bits per heavy atom. The fraction of sp³-hybridized carbons (Fsp3) is 0.160. The van der Waals surface area contributed by atoms with Gasteiger partial charge >= 0.3 is 0 Å². The molecule has 0 saturated heterocycles. The third kappa shape index (κ3) is 5.67. The summed E-state index contributed by atoms with van der Waals surface area (Å²) < 4.78 is 13.0. The third-order valence-electron chi connectivity index (χ3n) is 4.90. The highest BCUT2D eigenvalue weighted by Crippen LogP contribution is 2.22. The average molecular weight is 432 g/mol. The first-order valence-electron chi connectivity index (χ1n) is 10.1. The molecule has 0 radical (unpaired) electrons. The molecule has 2 aromatic heterocycles. The number of nitrogens with zero attached hydrogens (tertiary/aromatic N) is 2. The molecule has 1 amide bonds. The van der Waals surface area contributed by atoms with Gasteiger partial charge in [-0.25, -0.2) is 9.37 Å². The predicted octanol–water partition coefficient (Wildman–Crippen LogP) is 5.42. The Hall–Kier alpha value is -3.25. The lowest BCUT2D eigenvalue weighted by Gasteiger charge is -2.10. The van der Waals surface area contributed by atoms with Gasteiger partial charge in [0.2, 0.25) is 0 Å². The number of hydrogen-bond donors (Lipinski definition) is 1. The third-order valence-corrected chi connectivity index (χ3v) is 5.99. The Morgan fingerprint density at radius 3 is 2.58 bits per heavy atom. The lowest BCUT2D eigenvalue weighted by molar-refractivity contribution is 0.0947. The van der Waals surface area contributed by atoms with Gasteiger partial charge in [0.15, 0.2) is 0 Å². The Balaban J connectivity index is 1.33. The van der Waals surface area contributed by atoms with E-state index >= 15 is 0 Å². The van der Waals surface area contributed by atoms with Crippen LogP contribution in [0.4, 0.5) is 4.39 Å². The van der Waals surface area contributed by atoms with E-state index in [0.29, 0.717) is 12.1 Å². The second-order valence-corrected chi connectivity index (χ2v) is 8.23. The lowest BCUT2D eigenvalue weighted by Crippen LogP contribution is -2.23. The molecule has 0 atom stereocenters. The normalized spacial score (nSPS) is 10.9. The number of aromatic nitrogens is 2. The first-order chi connectivity index (χ1) is 15.2. The maximum Gasteiger partial charge on any atom is 0.254 e. The van der Waals surface area contributed by atoms with Crippen molar-refractivity contribution < 1.29 is 9.18 Å². The number of rotatable bonds is 8. The highest BCUT2D eigenvalue weighted by molar-refractivity contribution is 7.99. The summed E-state index contributed by atoms with van der Waals surface area (Å²) in [5.41, 5.74) is 3.59. The lowest BCUT2D eigenvalue weighted by atomic mass is 10.1. The molecule has 4 aromatic rings. The Kier molecular flexibility index (Phi) is 6.89. The van der Waals surface area contributed by atoms with Gasteiger partial charge in [0.25, 0.3) is 5.91 Å². The highest BCUT2D eigenvalue weighted by Gasteiger charge is 2.12. The quantitative estimate of drug-likeness (QED) is 0.299. The standard InChI is InChI=1S/C25H22FN3OS/c26-21-11-8-18(9-12-21)4-3-15-31-25-22(6-2-14-28-25)24(30)29-17-19-7-10-20-5-1-13-27-23(20)16-19/h1-2,5-14,16H,3-4,15,17H2,(H,29,30). The number of pyridine rings is 2. The second-order valence-electron chi connectivity index (χ2n) is 7.15. The smallest absolute Gasteiger partial charge is 0.254 e. The number of amides is 1. The van der Waals surface area contributed by atoms with E-state index in [4.69, 9.17) is 0 Å². The van der Waals surface area contributed by atoms with Gasteiger partial charge in [0, 0.05) is 24.3 Å². The summed E-state index contributed by atoms with van der Waals surface area (Å²) in [7, 11) is 0. The average Bonchev–Trinajstić information content (AvgIpc) is 2.81. The van der Waals surface area contributed by atoms with Crippen LogP contribution in [-0.2, 0) is 13.0 Å². The maximum absolute atomic E-state index is 13.0. The minimum Gasteiger partial charge on any atom is -0.348 e. The summed E-state index contributed by atoms with van der Waals surface area (Å²) in [6, 6.07) is 20.1. The highest BCUT2D eigenvalue weighted by atomic mass is 32.2. The Labute approximate surface area is 184 Å². The van der Waals surface area contributed by atoms with Gasteiger partial charge < -0.3 is 5.32 Å². The molecule has 0 saturated carbocycles. The van der Waals surface area contributed by atoms with E-state index in [2.05, 4.69) is 15.3 Å². The Morgan fingerprint density at radius 2 is 1.71 bits per heavy atom. The number of nitrogens with one attached hydrogen (secondary N) is 1. The van der Waals surface area contributed by atoms with E-state index in [1.165, 1.54) is 12.1 Å². The molecule has 0 spiro atoms. The fourth-order valence-corrected chi connectivity index (χ4v) is 4.21. The maximum atomic E-state index is 13.0. The molecule has 0 aliphatic heterocycles. The molecule has 0 bridgehead atoms. The molecular formula is C25H22FN3OS. The number of thioether (sulfide) groups is 1. The number of halogens is 1. The minimum absolute atomic E-state index is 0.143. The van der Waals surface area contributed by atoms with Gasteiger partial charge in [-0.05, 0) is 66.1 Å². The molecule has 156 valence electrons. The van der Waals surface area contributed by atoms with Crippen LogP contribution in [0.15, 0.2) is 84.1 Å². The van der Waals surface area contributed by atoms with Crippen LogP contribution in [0, 0.1) is 5.82 Å².